The highest BCUT2D eigenvalue weighted by atomic mass is 31.2. The zero-order chi connectivity index (χ0) is 10.4. The van der Waals surface area contributed by atoms with Crippen LogP contribution in [0, 0.1) is 0 Å². The monoisotopic (exact) mass is 215 g/mol. The van der Waals surface area contributed by atoms with Crippen molar-refractivity contribution in [3.05, 3.63) is 30.3 Å². The highest BCUT2D eigenvalue weighted by Crippen LogP contribution is 2.16. The van der Waals surface area contributed by atoms with Crippen LogP contribution in [0.3, 0.4) is 0 Å². The summed E-state index contributed by atoms with van der Waals surface area (Å²) in [6.07, 6.45) is 0. The second-order valence-electron chi connectivity index (χ2n) is 2.78. The van der Waals surface area contributed by atoms with Gasteiger partial charge in [0.2, 0.25) is 0 Å². The standard InChI is InChI=1S/C8H14N3O2P/c9-14(10,12)11-6-7-13-8-4-2-1-3-5-8/h1-5H,6-7H2,(H5,9,10,11,12). The summed E-state index contributed by atoms with van der Waals surface area (Å²) in [5, 5.41) is 2.48. The van der Waals surface area contributed by atoms with Gasteiger partial charge in [0.1, 0.15) is 12.4 Å². The predicted octanol–water partition coefficient (Wildman–Crippen LogP) is 0.680. The Bertz CT molecular complexity index is 312. The fourth-order valence-corrected chi connectivity index (χ4v) is 1.35. The lowest BCUT2D eigenvalue weighted by Gasteiger charge is -2.09. The summed E-state index contributed by atoms with van der Waals surface area (Å²) in [4.78, 5) is 0. The summed E-state index contributed by atoms with van der Waals surface area (Å²) in [6.45, 7) is 0.738. The molecule has 5 nitrogen and oxygen atoms in total. The van der Waals surface area contributed by atoms with Crippen LogP contribution in [0.4, 0.5) is 0 Å². The zero-order valence-electron chi connectivity index (χ0n) is 7.72. The average Bonchev–Trinajstić information content (AvgIpc) is 2.13. The first-order valence-corrected chi connectivity index (χ1v) is 6.02. The lowest BCUT2D eigenvalue weighted by molar-refractivity contribution is 0.322. The van der Waals surface area contributed by atoms with Crippen LogP contribution < -0.4 is 20.8 Å². The topological polar surface area (TPSA) is 90.4 Å². The van der Waals surface area contributed by atoms with Crippen LogP contribution in [-0.2, 0) is 4.57 Å². The maximum Gasteiger partial charge on any atom is 0.273 e. The molecule has 0 aromatic heterocycles. The van der Waals surface area contributed by atoms with Crippen LogP contribution in [0.15, 0.2) is 30.3 Å². The van der Waals surface area contributed by atoms with Gasteiger partial charge in [0.05, 0.1) is 0 Å². The van der Waals surface area contributed by atoms with Crippen molar-refractivity contribution in [1.82, 2.24) is 5.09 Å². The van der Waals surface area contributed by atoms with Crippen LogP contribution in [0.5, 0.6) is 5.75 Å². The molecule has 6 heteroatoms. The molecule has 0 amide bonds. The van der Waals surface area contributed by atoms with Gasteiger partial charge in [-0.3, -0.25) is 15.6 Å². The molecule has 1 aromatic carbocycles. The summed E-state index contributed by atoms with van der Waals surface area (Å²) < 4.78 is 16.1. The minimum Gasteiger partial charge on any atom is -0.492 e. The van der Waals surface area contributed by atoms with Crippen molar-refractivity contribution in [3.8, 4) is 5.75 Å². The Hall–Kier alpha value is -0.870. The molecule has 0 saturated heterocycles. The number of ether oxygens (including phenoxy) is 1. The quantitative estimate of drug-likeness (QED) is 0.496. The molecular formula is C8H14N3O2P. The van der Waals surface area contributed by atoms with E-state index in [0.29, 0.717) is 13.2 Å². The van der Waals surface area contributed by atoms with Gasteiger partial charge in [0.15, 0.2) is 0 Å². The van der Waals surface area contributed by atoms with Crippen LogP contribution in [0.25, 0.3) is 0 Å². The molecular weight excluding hydrogens is 201 g/mol. The summed E-state index contributed by atoms with van der Waals surface area (Å²) >= 11 is 0. The van der Waals surface area contributed by atoms with E-state index in [1.165, 1.54) is 0 Å². The Morgan fingerprint density at radius 2 is 1.93 bits per heavy atom. The van der Waals surface area contributed by atoms with E-state index in [0.717, 1.165) is 5.75 Å². The molecule has 0 aliphatic heterocycles. The highest BCUT2D eigenvalue weighted by Gasteiger charge is 2.05. The number of hydrogen-bond acceptors (Lipinski definition) is 2. The van der Waals surface area contributed by atoms with Gasteiger partial charge in [-0.2, -0.15) is 0 Å². The Kier molecular flexibility index (Phi) is 4.10. The largest absolute Gasteiger partial charge is 0.492 e. The number of nitrogens with two attached hydrogens (primary N) is 2. The third-order valence-electron chi connectivity index (χ3n) is 1.47. The van der Waals surface area contributed by atoms with E-state index in [1.54, 1.807) is 0 Å². The van der Waals surface area contributed by atoms with Gasteiger partial charge in [0, 0.05) is 6.54 Å². The number of nitrogens with one attached hydrogen (secondary N) is 1. The normalized spacial score (nSPS) is 11.3. The van der Waals surface area contributed by atoms with E-state index in [1.807, 2.05) is 30.3 Å². The Morgan fingerprint density at radius 1 is 1.29 bits per heavy atom. The van der Waals surface area contributed by atoms with Crippen LogP contribution >= 0.6 is 7.59 Å². The van der Waals surface area contributed by atoms with Crippen LogP contribution in [0.1, 0.15) is 0 Å². The molecule has 0 saturated carbocycles. The van der Waals surface area contributed by atoms with Gasteiger partial charge in [0.25, 0.3) is 7.59 Å². The molecule has 78 valence electrons. The minimum absolute atomic E-state index is 0.360. The molecule has 0 unspecified atom stereocenters. The van der Waals surface area contributed by atoms with Crippen molar-refractivity contribution in [3.63, 3.8) is 0 Å². The number of hydrogen-bond donors (Lipinski definition) is 3. The fourth-order valence-electron chi connectivity index (χ4n) is 0.906. The third kappa shape index (κ3) is 4.99. The van der Waals surface area contributed by atoms with E-state index in [4.69, 9.17) is 15.7 Å². The van der Waals surface area contributed by atoms with Crippen LogP contribution in [-0.4, -0.2) is 13.2 Å². The molecule has 0 atom stereocenters. The first-order chi connectivity index (χ1) is 6.58. The number of benzene rings is 1. The molecule has 5 N–H and O–H groups in total. The SMILES string of the molecule is NP(N)(=O)NCCOc1ccccc1. The highest BCUT2D eigenvalue weighted by molar-refractivity contribution is 7.56. The van der Waals surface area contributed by atoms with E-state index >= 15 is 0 Å². The summed E-state index contributed by atoms with van der Waals surface area (Å²) in [5.41, 5.74) is 10.2. The van der Waals surface area contributed by atoms with Crippen molar-refractivity contribution in [1.29, 1.82) is 0 Å². The van der Waals surface area contributed by atoms with E-state index in [-0.39, 0.29) is 0 Å². The Morgan fingerprint density at radius 3 is 2.50 bits per heavy atom. The number of rotatable bonds is 5. The number of para-hydroxylation sites is 1. The second kappa shape index (κ2) is 5.12. The molecule has 0 spiro atoms. The summed E-state index contributed by atoms with van der Waals surface area (Å²) in [7, 11) is -3.12. The molecule has 0 bridgehead atoms. The maximum atomic E-state index is 10.8. The molecule has 0 heterocycles. The van der Waals surface area contributed by atoms with Crippen molar-refractivity contribution in [2.75, 3.05) is 13.2 Å². The van der Waals surface area contributed by atoms with E-state index < -0.39 is 7.59 Å². The van der Waals surface area contributed by atoms with Gasteiger partial charge in [-0.1, -0.05) is 18.2 Å². The molecule has 1 rings (SSSR count). The molecule has 14 heavy (non-hydrogen) atoms. The van der Waals surface area contributed by atoms with Crippen molar-refractivity contribution < 1.29 is 9.30 Å². The fraction of sp³-hybridized carbons (Fsp3) is 0.250. The lowest BCUT2D eigenvalue weighted by atomic mass is 10.3. The van der Waals surface area contributed by atoms with Crippen LogP contribution in [0.2, 0.25) is 0 Å². The minimum atomic E-state index is -3.12. The second-order valence-corrected chi connectivity index (χ2v) is 4.51. The third-order valence-corrected chi connectivity index (χ3v) is 2.19. The first-order valence-electron chi connectivity index (χ1n) is 4.18. The Balaban J connectivity index is 2.20. The van der Waals surface area contributed by atoms with Gasteiger partial charge in [-0.15, -0.1) is 0 Å². The van der Waals surface area contributed by atoms with E-state index in [9.17, 15) is 4.57 Å². The maximum absolute atomic E-state index is 10.8. The van der Waals surface area contributed by atoms with E-state index in [2.05, 4.69) is 5.09 Å². The van der Waals surface area contributed by atoms with Gasteiger partial charge >= 0.3 is 0 Å². The molecule has 0 fully saturated rings. The van der Waals surface area contributed by atoms with Gasteiger partial charge in [-0.05, 0) is 12.1 Å². The lowest BCUT2D eigenvalue weighted by Crippen LogP contribution is -2.26. The van der Waals surface area contributed by atoms with Gasteiger partial charge < -0.3 is 4.74 Å². The summed E-state index contributed by atoms with van der Waals surface area (Å²) in [5.74, 6) is 0.762. The van der Waals surface area contributed by atoms with Crippen molar-refractivity contribution in [2.45, 2.75) is 0 Å². The first kappa shape index (κ1) is 11.2. The zero-order valence-corrected chi connectivity index (χ0v) is 8.61. The van der Waals surface area contributed by atoms with Crippen molar-refractivity contribution in [2.24, 2.45) is 11.0 Å². The molecule has 0 radical (unpaired) electrons. The smallest absolute Gasteiger partial charge is 0.273 e. The summed E-state index contributed by atoms with van der Waals surface area (Å²) in [6, 6.07) is 9.33. The van der Waals surface area contributed by atoms with Crippen molar-refractivity contribution >= 4 is 7.59 Å². The molecule has 1 aromatic rings. The van der Waals surface area contributed by atoms with Gasteiger partial charge in [-0.25, -0.2) is 5.09 Å². The predicted molar refractivity (Wildman–Crippen MR) is 55.9 cm³/mol. The molecule has 0 aliphatic rings. The average molecular weight is 215 g/mol. The Labute approximate surface area is 83.0 Å². The molecule has 0 aliphatic carbocycles.